The van der Waals surface area contributed by atoms with Gasteiger partial charge in [0.15, 0.2) is 10.9 Å². The molecule has 2 N–H and O–H groups in total. The van der Waals surface area contributed by atoms with Crippen LogP contribution >= 0.6 is 23.8 Å². The van der Waals surface area contributed by atoms with Gasteiger partial charge in [0.2, 0.25) is 0 Å². The van der Waals surface area contributed by atoms with Crippen LogP contribution in [0.25, 0.3) is 0 Å². The minimum atomic E-state index is -0.358. The molecule has 6 nitrogen and oxygen atoms in total. The molecular weight excluding hydrogens is 447 g/mol. The Balaban J connectivity index is 1.43. The van der Waals surface area contributed by atoms with Crippen molar-refractivity contribution >= 4 is 40.4 Å². The number of nitrogens with zero attached hydrogens (tertiary/aromatic N) is 4. The summed E-state index contributed by atoms with van der Waals surface area (Å²) in [6.07, 6.45) is 1.89. The van der Waals surface area contributed by atoms with Crippen LogP contribution in [0.15, 0.2) is 60.8 Å². The quantitative estimate of drug-likeness (QED) is 0.371. The molecule has 0 saturated heterocycles. The molecule has 2 aromatic heterocycles. The second kappa shape index (κ2) is 9.50. The van der Waals surface area contributed by atoms with E-state index in [1.54, 1.807) is 16.8 Å². The third-order valence-corrected chi connectivity index (χ3v) is 5.62. The topological polar surface area (TPSA) is 59.7 Å². The van der Waals surface area contributed by atoms with Crippen molar-refractivity contribution < 1.29 is 4.39 Å². The maximum Gasteiger partial charge on any atom is 0.176 e. The Kier molecular flexibility index (Phi) is 6.53. The summed E-state index contributed by atoms with van der Waals surface area (Å²) in [6, 6.07) is 16.6. The fraction of sp³-hybridized carbons (Fsp3) is 0.174. The Hall–Kier alpha value is -3.23. The first-order valence-electron chi connectivity index (χ1n) is 10.0. The van der Waals surface area contributed by atoms with Gasteiger partial charge in [0.25, 0.3) is 0 Å². The molecule has 0 atom stereocenters. The lowest BCUT2D eigenvalue weighted by Gasteiger charge is -2.11. The second-order valence-corrected chi connectivity index (χ2v) is 8.18. The molecule has 2 heterocycles. The van der Waals surface area contributed by atoms with E-state index in [0.29, 0.717) is 28.1 Å². The first-order valence-corrected chi connectivity index (χ1v) is 10.8. The predicted molar refractivity (Wildman–Crippen MR) is 130 cm³/mol. The first-order chi connectivity index (χ1) is 15.4. The summed E-state index contributed by atoms with van der Waals surface area (Å²) in [4.78, 5) is 0. The van der Waals surface area contributed by atoms with Crippen molar-refractivity contribution in [3.8, 4) is 0 Å². The lowest BCUT2D eigenvalue weighted by atomic mass is 10.2. The fourth-order valence-electron chi connectivity index (χ4n) is 3.41. The van der Waals surface area contributed by atoms with Crippen LogP contribution in [0, 0.1) is 19.7 Å². The van der Waals surface area contributed by atoms with Gasteiger partial charge in [0.1, 0.15) is 5.82 Å². The van der Waals surface area contributed by atoms with E-state index in [9.17, 15) is 4.39 Å². The maximum absolute atomic E-state index is 14.2. The molecule has 2 aromatic carbocycles. The molecule has 0 spiro atoms. The lowest BCUT2D eigenvalue weighted by molar-refractivity contribution is 0.579. The molecule has 0 radical (unpaired) electrons. The molecule has 4 rings (SSSR count). The van der Waals surface area contributed by atoms with E-state index in [1.807, 2.05) is 49.0 Å². The van der Waals surface area contributed by atoms with E-state index >= 15 is 0 Å². The highest BCUT2D eigenvalue weighted by Crippen LogP contribution is 2.24. The van der Waals surface area contributed by atoms with Crippen molar-refractivity contribution in [2.24, 2.45) is 0 Å². The summed E-state index contributed by atoms with van der Waals surface area (Å²) in [5, 5.41) is 16.1. The van der Waals surface area contributed by atoms with Crippen LogP contribution in [-0.4, -0.2) is 24.7 Å². The number of thiocarbonyl (C=S) groups is 1. The van der Waals surface area contributed by atoms with Crippen LogP contribution in [0.2, 0.25) is 5.02 Å². The maximum atomic E-state index is 14.2. The van der Waals surface area contributed by atoms with Crippen molar-refractivity contribution in [2.45, 2.75) is 26.9 Å². The zero-order chi connectivity index (χ0) is 22.7. The van der Waals surface area contributed by atoms with Gasteiger partial charge in [-0.1, -0.05) is 48.0 Å². The van der Waals surface area contributed by atoms with E-state index < -0.39 is 0 Å². The number of rotatable bonds is 6. The van der Waals surface area contributed by atoms with Crippen LogP contribution in [0.1, 0.15) is 22.5 Å². The molecule has 0 unspecified atom stereocenters. The van der Waals surface area contributed by atoms with Crippen molar-refractivity contribution in [1.82, 2.24) is 19.6 Å². The van der Waals surface area contributed by atoms with Crippen molar-refractivity contribution in [3.63, 3.8) is 0 Å². The molecule has 9 heteroatoms. The Morgan fingerprint density at radius 3 is 2.53 bits per heavy atom. The fourth-order valence-corrected chi connectivity index (χ4v) is 3.84. The van der Waals surface area contributed by atoms with E-state index in [1.165, 1.54) is 6.07 Å². The van der Waals surface area contributed by atoms with Gasteiger partial charge in [-0.05, 0) is 43.8 Å². The molecule has 32 heavy (non-hydrogen) atoms. The van der Waals surface area contributed by atoms with Crippen LogP contribution < -0.4 is 10.6 Å². The summed E-state index contributed by atoms with van der Waals surface area (Å²) in [7, 11) is 0. The number of hydrogen-bond donors (Lipinski definition) is 2. The third kappa shape index (κ3) is 4.98. The van der Waals surface area contributed by atoms with Gasteiger partial charge in [-0.25, -0.2) is 4.39 Å². The van der Waals surface area contributed by atoms with Crippen LogP contribution in [0.5, 0.6) is 0 Å². The van der Waals surface area contributed by atoms with E-state index in [-0.39, 0.29) is 12.4 Å². The van der Waals surface area contributed by atoms with Crippen molar-refractivity contribution in [3.05, 3.63) is 94.1 Å². The van der Waals surface area contributed by atoms with Gasteiger partial charge in [0, 0.05) is 22.8 Å². The monoisotopic (exact) mass is 468 g/mol. The number of benzene rings is 2. The van der Waals surface area contributed by atoms with Gasteiger partial charge < -0.3 is 10.6 Å². The number of anilines is 2. The molecule has 164 valence electrons. The minimum Gasteiger partial charge on any atom is -0.329 e. The standard InChI is InChI=1S/C23H22ClFN6S/c1-15-22(16(2)31(28-15)14-18-19(24)9-6-10-20(18)25)27-23(32)26-21-11-12-30(29-21)13-17-7-4-3-5-8-17/h3-12H,13-14H2,1-2H3,(H2,26,27,29,32). The van der Waals surface area contributed by atoms with Gasteiger partial charge in [-0.3, -0.25) is 9.36 Å². The Labute approximate surface area is 196 Å². The SMILES string of the molecule is Cc1nn(Cc2c(F)cccc2Cl)c(C)c1NC(=S)Nc1ccn(Cc2ccccc2)n1. The Morgan fingerprint density at radius 2 is 1.78 bits per heavy atom. The number of halogens is 2. The van der Waals surface area contributed by atoms with Crippen LogP contribution in [0.4, 0.5) is 15.9 Å². The Morgan fingerprint density at radius 1 is 1.00 bits per heavy atom. The number of nitrogens with one attached hydrogen (secondary N) is 2. The average Bonchev–Trinajstić information content (AvgIpc) is 3.30. The smallest absolute Gasteiger partial charge is 0.176 e. The number of hydrogen-bond acceptors (Lipinski definition) is 3. The zero-order valence-corrected chi connectivity index (χ0v) is 19.2. The van der Waals surface area contributed by atoms with Gasteiger partial charge >= 0.3 is 0 Å². The van der Waals surface area contributed by atoms with E-state index in [2.05, 4.69) is 33.0 Å². The largest absolute Gasteiger partial charge is 0.329 e. The van der Waals surface area contributed by atoms with Gasteiger partial charge in [0.05, 0.1) is 30.2 Å². The van der Waals surface area contributed by atoms with E-state index in [0.717, 1.165) is 22.6 Å². The number of aryl methyl sites for hydroxylation is 1. The van der Waals surface area contributed by atoms with Crippen molar-refractivity contribution in [1.29, 1.82) is 0 Å². The second-order valence-electron chi connectivity index (χ2n) is 7.37. The predicted octanol–water partition coefficient (Wildman–Crippen LogP) is 5.39. The molecular formula is C23H22ClFN6S. The highest BCUT2D eigenvalue weighted by atomic mass is 35.5. The molecule has 0 fully saturated rings. The molecule has 4 aromatic rings. The molecule has 0 saturated carbocycles. The first kappa shape index (κ1) is 22.0. The Bertz CT molecular complexity index is 1230. The summed E-state index contributed by atoms with van der Waals surface area (Å²) >= 11 is 11.6. The molecule has 0 aliphatic carbocycles. The van der Waals surface area contributed by atoms with Crippen LogP contribution in [-0.2, 0) is 13.1 Å². The highest BCUT2D eigenvalue weighted by molar-refractivity contribution is 7.80. The van der Waals surface area contributed by atoms with Crippen molar-refractivity contribution in [2.75, 3.05) is 10.6 Å². The summed E-state index contributed by atoms with van der Waals surface area (Å²) in [6.45, 7) is 4.66. The molecule has 0 aliphatic rings. The summed E-state index contributed by atoms with van der Waals surface area (Å²) in [5.41, 5.74) is 3.89. The lowest BCUT2D eigenvalue weighted by Crippen LogP contribution is -2.20. The molecule has 0 aliphatic heterocycles. The van der Waals surface area contributed by atoms with Crippen LogP contribution in [0.3, 0.4) is 0 Å². The summed E-state index contributed by atoms with van der Waals surface area (Å²) in [5.74, 6) is 0.280. The van der Waals surface area contributed by atoms with Gasteiger partial charge in [-0.15, -0.1) is 0 Å². The third-order valence-electron chi connectivity index (χ3n) is 5.06. The summed E-state index contributed by atoms with van der Waals surface area (Å²) < 4.78 is 17.7. The molecule has 0 bridgehead atoms. The minimum absolute atomic E-state index is 0.226. The van der Waals surface area contributed by atoms with E-state index in [4.69, 9.17) is 23.8 Å². The highest BCUT2D eigenvalue weighted by Gasteiger charge is 2.16. The average molecular weight is 469 g/mol. The molecule has 0 amide bonds. The van der Waals surface area contributed by atoms with Gasteiger partial charge in [-0.2, -0.15) is 10.2 Å². The zero-order valence-electron chi connectivity index (χ0n) is 17.6. The number of aromatic nitrogens is 4. The normalized spacial score (nSPS) is 10.9.